The number of allylic oxidation sites excluding steroid dienone is 1. The molecular formula is C10H14O2S. The van der Waals surface area contributed by atoms with Gasteiger partial charge < -0.3 is 4.74 Å². The molecule has 0 atom stereocenters. The molecule has 0 radical (unpaired) electrons. The van der Waals surface area contributed by atoms with Gasteiger partial charge >= 0.3 is 5.97 Å². The zero-order valence-corrected chi connectivity index (χ0v) is 8.60. The lowest BCUT2D eigenvalue weighted by Gasteiger charge is -2.00. The van der Waals surface area contributed by atoms with E-state index in [-0.39, 0.29) is 5.97 Å². The quantitative estimate of drug-likeness (QED) is 0.284. The normalized spacial score (nSPS) is 10.7. The van der Waals surface area contributed by atoms with Gasteiger partial charge in [0.05, 0.1) is 7.11 Å². The number of ether oxygens (including phenoxy) is 1. The van der Waals surface area contributed by atoms with Crippen LogP contribution >= 0.6 is 11.8 Å². The summed E-state index contributed by atoms with van der Waals surface area (Å²) in [4.78, 5) is 11.1. The summed E-state index contributed by atoms with van der Waals surface area (Å²) in [6.45, 7) is 7.15. The second-order valence-corrected chi connectivity index (χ2v) is 3.15. The molecule has 0 N–H and O–H groups in total. The predicted octanol–water partition coefficient (Wildman–Crippen LogP) is 2.54. The van der Waals surface area contributed by atoms with Crippen LogP contribution in [0.4, 0.5) is 0 Å². The zero-order chi connectivity index (χ0) is 10.1. The second kappa shape index (κ2) is 7.68. The Morgan fingerprint density at radius 1 is 1.46 bits per heavy atom. The molecule has 0 saturated heterocycles. The maximum atomic E-state index is 11.1. The van der Waals surface area contributed by atoms with Crippen LogP contribution in [0.2, 0.25) is 0 Å². The number of rotatable bonds is 6. The predicted molar refractivity (Wildman–Crippen MR) is 57.6 cm³/mol. The Labute approximate surface area is 83.4 Å². The first kappa shape index (κ1) is 12.0. The molecule has 0 aliphatic rings. The topological polar surface area (TPSA) is 26.3 Å². The van der Waals surface area contributed by atoms with Gasteiger partial charge in [0.25, 0.3) is 0 Å². The second-order valence-electron chi connectivity index (χ2n) is 2.25. The van der Waals surface area contributed by atoms with Gasteiger partial charge in [-0.2, -0.15) is 0 Å². The Hall–Kier alpha value is -0.960. The summed E-state index contributed by atoms with van der Waals surface area (Å²) in [5.41, 5.74) is 0.629. The summed E-state index contributed by atoms with van der Waals surface area (Å²) in [5.74, 6) is 0.494. The van der Waals surface area contributed by atoms with E-state index in [4.69, 9.17) is 0 Å². The number of thioether (sulfide) groups is 1. The molecule has 0 aliphatic heterocycles. The lowest BCUT2D eigenvalue weighted by Crippen LogP contribution is -2.03. The highest BCUT2D eigenvalue weighted by Crippen LogP contribution is 2.12. The Morgan fingerprint density at radius 2 is 2.15 bits per heavy atom. The van der Waals surface area contributed by atoms with E-state index in [0.29, 0.717) is 12.0 Å². The van der Waals surface area contributed by atoms with Crippen LogP contribution < -0.4 is 0 Å². The monoisotopic (exact) mass is 198 g/mol. The molecule has 2 nitrogen and oxygen atoms in total. The van der Waals surface area contributed by atoms with Crippen LogP contribution in [0.15, 0.2) is 36.3 Å². The van der Waals surface area contributed by atoms with Crippen molar-refractivity contribution >= 4 is 17.7 Å². The molecule has 0 aromatic carbocycles. The van der Waals surface area contributed by atoms with E-state index in [0.717, 1.165) is 5.75 Å². The van der Waals surface area contributed by atoms with Crippen LogP contribution in [0.25, 0.3) is 0 Å². The van der Waals surface area contributed by atoms with Crippen molar-refractivity contribution in [2.24, 2.45) is 0 Å². The highest BCUT2D eigenvalue weighted by atomic mass is 32.2. The molecule has 0 unspecified atom stereocenters. The van der Waals surface area contributed by atoms with Crippen molar-refractivity contribution in [2.45, 2.75) is 6.42 Å². The average molecular weight is 198 g/mol. The third-order valence-corrected chi connectivity index (χ3v) is 2.13. The molecule has 13 heavy (non-hydrogen) atoms. The van der Waals surface area contributed by atoms with Crippen molar-refractivity contribution in [2.75, 3.05) is 12.9 Å². The van der Waals surface area contributed by atoms with Crippen molar-refractivity contribution < 1.29 is 9.53 Å². The van der Waals surface area contributed by atoms with Gasteiger partial charge in [-0.05, 0) is 11.8 Å². The molecule has 0 heterocycles. The number of carbonyl (C=O) groups excluding carboxylic acids is 1. The van der Waals surface area contributed by atoms with Crippen LogP contribution in [0.5, 0.6) is 0 Å². The lowest BCUT2D eigenvalue weighted by molar-refractivity contribution is -0.136. The molecule has 0 rings (SSSR count). The summed E-state index contributed by atoms with van der Waals surface area (Å²) in [7, 11) is 1.37. The van der Waals surface area contributed by atoms with Crippen molar-refractivity contribution in [1.29, 1.82) is 0 Å². The molecule has 0 aliphatic carbocycles. The first-order valence-electron chi connectivity index (χ1n) is 3.87. The van der Waals surface area contributed by atoms with E-state index < -0.39 is 0 Å². The highest BCUT2D eigenvalue weighted by molar-refractivity contribution is 8.02. The fourth-order valence-electron chi connectivity index (χ4n) is 0.683. The number of methoxy groups -OCH3 is 1. The molecule has 0 fully saturated rings. The summed E-state index contributed by atoms with van der Waals surface area (Å²) in [5, 5.41) is 1.79. The molecule has 72 valence electrons. The summed E-state index contributed by atoms with van der Waals surface area (Å²) in [6.07, 6.45) is 4.00. The maximum absolute atomic E-state index is 11.1. The van der Waals surface area contributed by atoms with Gasteiger partial charge in [0.15, 0.2) is 0 Å². The van der Waals surface area contributed by atoms with E-state index in [1.165, 1.54) is 18.9 Å². The van der Waals surface area contributed by atoms with Crippen molar-refractivity contribution in [3.63, 3.8) is 0 Å². The number of carbonyl (C=O) groups is 1. The minimum Gasteiger partial charge on any atom is -0.466 e. The van der Waals surface area contributed by atoms with E-state index in [1.54, 1.807) is 17.6 Å². The van der Waals surface area contributed by atoms with Crippen molar-refractivity contribution in [3.8, 4) is 0 Å². The SMILES string of the molecule is C=CCSC=C(CC=C)C(=O)OC. The van der Waals surface area contributed by atoms with E-state index in [2.05, 4.69) is 17.9 Å². The maximum Gasteiger partial charge on any atom is 0.334 e. The van der Waals surface area contributed by atoms with Crippen LogP contribution in [-0.4, -0.2) is 18.8 Å². The summed E-state index contributed by atoms with van der Waals surface area (Å²) in [6, 6.07) is 0. The molecule has 0 aromatic rings. The van der Waals surface area contributed by atoms with E-state index >= 15 is 0 Å². The van der Waals surface area contributed by atoms with E-state index in [9.17, 15) is 4.79 Å². The fourth-order valence-corrected chi connectivity index (χ4v) is 1.31. The Morgan fingerprint density at radius 3 is 2.62 bits per heavy atom. The standard InChI is InChI=1S/C10H14O2S/c1-4-6-9(10(11)12-3)8-13-7-5-2/h4-5,8H,1-2,6-7H2,3H3. The van der Waals surface area contributed by atoms with Gasteiger partial charge in [-0.25, -0.2) is 4.79 Å². The van der Waals surface area contributed by atoms with Gasteiger partial charge in [0.2, 0.25) is 0 Å². The fraction of sp³-hybridized carbons (Fsp3) is 0.300. The van der Waals surface area contributed by atoms with Crippen LogP contribution in [0.1, 0.15) is 6.42 Å². The Kier molecular flexibility index (Phi) is 7.11. The third-order valence-electron chi connectivity index (χ3n) is 1.25. The molecule has 0 aromatic heterocycles. The molecule has 3 heteroatoms. The number of hydrogen-bond acceptors (Lipinski definition) is 3. The first-order valence-corrected chi connectivity index (χ1v) is 4.91. The van der Waals surface area contributed by atoms with Crippen LogP contribution in [0, 0.1) is 0 Å². The van der Waals surface area contributed by atoms with E-state index in [1.807, 2.05) is 0 Å². The highest BCUT2D eigenvalue weighted by Gasteiger charge is 2.06. The molecule has 0 amide bonds. The van der Waals surface area contributed by atoms with Crippen molar-refractivity contribution in [1.82, 2.24) is 0 Å². The average Bonchev–Trinajstić information content (AvgIpc) is 2.16. The van der Waals surface area contributed by atoms with Gasteiger partial charge in [-0.3, -0.25) is 0 Å². The van der Waals surface area contributed by atoms with Gasteiger partial charge in [0, 0.05) is 11.3 Å². The van der Waals surface area contributed by atoms with Gasteiger partial charge in [-0.15, -0.1) is 24.9 Å². The third kappa shape index (κ3) is 5.31. The zero-order valence-electron chi connectivity index (χ0n) is 7.79. The van der Waals surface area contributed by atoms with Crippen LogP contribution in [-0.2, 0) is 9.53 Å². The summed E-state index contributed by atoms with van der Waals surface area (Å²) >= 11 is 1.52. The van der Waals surface area contributed by atoms with Crippen LogP contribution in [0.3, 0.4) is 0 Å². The number of esters is 1. The molecule has 0 bridgehead atoms. The number of hydrogen-bond donors (Lipinski definition) is 0. The Bertz CT molecular complexity index is 219. The largest absolute Gasteiger partial charge is 0.466 e. The molecule has 0 saturated carbocycles. The Balaban J connectivity index is 4.20. The minimum absolute atomic E-state index is 0.295. The lowest BCUT2D eigenvalue weighted by atomic mass is 10.2. The minimum atomic E-state index is -0.295. The van der Waals surface area contributed by atoms with Crippen molar-refractivity contribution in [3.05, 3.63) is 36.3 Å². The smallest absolute Gasteiger partial charge is 0.334 e. The van der Waals surface area contributed by atoms with Gasteiger partial charge in [-0.1, -0.05) is 12.2 Å². The molecular weight excluding hydrogens is 184 g/mol. The van der Waals surface area contributed by atoms with Gasteiger partial charge in [0.1, 0.15) is 0 Å². The molecule has 0 spiro atoms. The first-order chi connectivity index (χ1) is 6.26. The summed E-state index contributed by atoms with van der Waals surface area (Å²) < 4.78 is 4.60.